The van der Waals surface area contributed by atoms with Gasteiger partial charge in [-0.3, -0.25) is 10.4 Å². The van der Waals surface area contributed by atoms with Gasteiger partial charge in [0.25, 0.3) is 0 Å². The summed E-state index contributed by atoms with van der Waals surface area (Å²) < 4.78 is 0. The first-order chi connectivity index (χ1) is 6.88. The number of likely N-dealkylation sites (tertiary alicyclic amines) is 1. The fraction of sp³-hybridized carbons (Fsp3) is 0.455. The monoisotopic (exact) mass is 189 g/mol. The van der Waals surface area contributed by atoms with Gasteiger partial charge >= 0.3 is 0 Å². The van der Waals surface area contributed by atoms with Crippen molar-refractivity contribution in [3.8, 4) is 0 Å². The number of piperidine rings is 1. The van der Waals surface area contributed by atoms with Gasteiger partial charge in [0.05, 0.1) is 0 Å². The van der Waals surface area contributed by atoms with Gasteiger partial charge in [0, 0.05) is 31.0 Å². The smallest absolute Gasteiger partial charge is 0.129 e. The molecule has 0 radical (unpaired) electrons. The van der Waals surface area contributed by atoms with Gasteiger partial charge in [-0.15, -0.1) is 0 Å². The highest BCUT2D eigenvalue weighted by molar-refractivity contribution is 5.96. The third-order valence-corrected chi connectivity index (χ3v) is 2.61. The number of nitrogens with zero attached hydrogens (tertiary/aromatic N) is 2. The molecule has 1 aromatic heterocycles. The molecule has 3 heteroatoms. The van der Waals surface area contributed by atoms with Crippen LogP contribution in [0.3, 0.4) is 0 Å². The lowest BCUT2D eigenvalue weighted by Crippen LogP contribution is -2.35. The lowest BCUT2D eigenvalue weighted by Gasteiger charge is -2.28. The van der Waals surface area contributed by atoms with E-state index in [9.17, 15) is 0 Å². The number of aromatic nitrogens is 1. The molecule has 74 valence electrons. The number of rotatable bonds is 1. The molecule has 0 spiro atoms. The molecule has 14 heavy (non-hydrogen) atoms. The van der Waals surface area contributed by atoms with E-state index >= 15 is 0 Å². The van der Waals surface area contributed by atoms with Crippen molar-refractivity contribution in [2.75, 3.05) is 13.1 Å². The largest absolute Gasteiger partial charge is 0.357 e. The summed E-state index contributed by atoms with van der Waals surface area (Å²) in [6.45, 7) is 2.04. The molecule has 1 aliphatic rings. The Hall–Kier alpha value is -1.38. The normalized spacial score (nSPS) is 16.7. The predicted octanol–water partition coefficient (Wildman–Crippen LogP) is 1.89. The maximum absolute atomic E-state index is 8.01. The Kier molecular flexibility index (Phi) is 2.77. The molecule has 0 saturated carbocycles. The summed E-state index contributed by atoms with van der Waals surface area (Å²) in [5, 5.41) is 8.01. The summed E-state index contributed by atoms with van der Waals surface area (Å²) in [4.78, 5) is 6.17. The van der Waals surface area contributed by atoms with E-state index in [1.165, 1.54) is 19.3 Å². The van der Waals surface area contributed by atoms with Gasteiger partial charge in [-0.1, -0.05) is 0 Å². The van der Waals surface area contributed by atoms with E-state index in [4.69, 9.17) is 5.41 Å². The van der Waals surface area contributed by atoms with E-state index in [0.717, 1.165) is 18.7 Å². The molecule has 3 nitrogen and oxygen atoms in total. The molecule has 1 saturated heterocycles. The molecule has 0 atom stereocenters. The molecule has 1 aliphatic heterocycles. The van der Waals surface area contributed by atoms with Crippen molar-refractivity contribution in [1.82, 2.24) is 9.88 Å². The van der Waals surface area contributed by atoms with Crippen molar-refractivity contribution in [3.05, 3.63) is 30.1 Å². The average molecular weight is 189 g/mol. The van der Waals surface area contributed by atoms with Crippen molar-refractivity contribution in [3.63, 3.8) is 0 Å². The predicted molar refractivity (Wildman–Crippen MR) is 56.5 cm³/mol. The molecular weight excluding hydrogens is 174 g/mol. The molecule has 0 aromatic carbocycles. The number of hydrogen-bond donors (Lipinski definition) is 1. The Bertz CT molecular complexity index is 302. The molecule has 1 aromatic rings. The number of nitrogens with one attached hydrogen (secondary N) is 1. The minimum Gasteiger partial charge on any atom is -0.357 e. The van der Waals surface area contributed by atoms with Crippen LogP contribution in [-0.4, -0.2) is 28.8 Å². The van der Waals surface area contributed by atoms with Crippen molar-refractivity contribution in [1.29, 1.82) is 5.41 Å². The molecule has 0 unspecified atom stereocenters. The SMILES string of the molecule is N=C(c1cccnc1)N1CCCCC1. The van der Waals surface area contributed by atoms with Crippen LogP contribution < -0.4 is 0 Å². The quantitative estimate of drug-likeness (QED) is 0.541. The summed E-state index contributed by atoms with van der Waals surface area (Å²) in [6.07, 6.45) is 7.23. The van der Waals surface area contributed by atoms with Crippen LogP contribution >= 0.6 is 0 Å². The fourth-order valence-electron chi connectivity index (χ4n) is 1.80. The van der Waals surface area contributed by atoms with Gasteiger partial charge in [-0.25, -0.2) is 0 Å². The zero-order chi connectivity index (χ0) is 9.80. The highest BCUT2D eigenvalue weighted by Gasteiger charge is 2.14. The first-order valence-electron chi connectivity index (χ1n) is 5.12. The molecule has 2 heterocycles. The highest BCUT2D eigenvalue weighted by Crippen LogP contribution is 2.11. The minimum absolute atomic E-state index is 0.623. The van der Waals surface area contributed by atoms with Crippen LogP contribution in [0, 0.1) is 5.41 Å². The van der Waals surface area contributed by atoms with E-state index in [0.29, 0.717) is 5.84 Å². The van der Waals surface area contributed by atoms with Gasteiger partial charge < -0.3 is 4.90 Å². The second-order valence-electron chi connectivity index (χ2n) is 3.64. The summed E-state index contributed by atoms with van der Waals surface area (Å²) in [5.41, 5.74) is 0.925. The topological polar surface area (TPSA) is 40.0 Å². The van der Waals surface area contributed by atoms with E-state index in [2.05, 4.69) is 9.88 Å². The first kappa shape index (κ1) is 9.19. The molecule has 2 rings (SSSR count). The van der Waals surface area contributed by atoms with Gasteiger partial charge in [-0.05, 0) is 31.4 Å². The molecule has 0 amide bonds. The summed E-state index contributed by atoms with van der Waals surface area (Å²) in [7, 11) is 0. The lowest BCUT2D eigenvalue weighted by molar-refractivity contribution is 0.341. The molecular formula is C11H15N3. The van der Waals surface area contributed by atoms with Crippen molar-refractivity contribution < 1.29 is 0 Å². The van der Waals surface area contributed by atoms with E-state index < -0.39 is 0 Å². The third-order valence-electron chi connectivity index (χ3n) is 2.61. The Morgan fingerprint density at radius 1 is 1.29 bits per heavy atom. The maximum Gasteiger partial charge on any atom is 0.129 e. The highest BCUT2D eigenvalue weighted by atomic mass is 15.2. The second kappa shape index (κ2) is 4.22. The van der Waals surface area contributed by atoms with Gasteiger partial charge in [0.1, 0.15) is 5.84 Å². The third kappa shape index (κ3) is 1.92. The zero-order valence-corrected chi connectivity index (χ0v) is 8.24. The van der Waals surface area contributed by atoms with Gasteiger partial charge in [-0.2, -0.15) is 0 Å². The van der Waals surface area contributed by atoms with E-state index in [-0.39, 0.29) is 0 Å². The Balaban J connectivity index is 2.07. The van der Waals surface area contributed by atoms with Crippen molar-refractivity contribution in [2.24, 2.45) is 0 Å². The molecule has 1 N–H and O–H groups in total. The Labute approximate surface area is 84.3 Å². The second-order valence-corrected chi connectivity index (χ2v) is 3.64. The first-order valence-corrected chi connectivity index (χ1v) is 5.12. The lowest BCUT2D eigenvalue weighted by atomic mass is 10.1. The number of hydrogen-bond acceptors (Lipinski definition) is 2. The molecule has 1 fully saturated rings. The molecule has 0 bridgehead atoms. The summed E-state index contributed by atoms with van der Waals surface area (Å²) in [5.74, 6) is 0.623. The van der Waals surface area contributed by atoms with Crippen LogP contribution in [0.25, 0.3) is 0 Å². The minimum atomic E-state index is 0.623. The van der Waals surface area contributed by atoms with Crippen LogP contribution in [0.4, 0.5) is 0 Å². The number of amidine groups is 1. The average Bonchev–Trinajstić information content (AvgIpc) is 2.30. The molecule has 0 aliphatic carbocycles. The van der Waals surface area contributed by atoms with E-state index in [1.807, 2.05) is 12.1 Å². The number of pyridine rings is 1. The van der Waals surface area contributed by atoms with E-state index in [1.54, 1.807) is 12.4 Å². The fourth-order valence-corrected chi connectivity index (χ4v) is 1.80. The van der Waals surface area contributed by atoms with Crippen LogP contribution in [0.15, 0.2) is 24.5 Å². The van der Waals surface area contributed by atoms with Crippen molar-refractivity contribution in [2.45, 2.75) is 19.3 Å². The maximum atomic E-state index is 8.01. The zero-order valence-electron chi connectivity index (χ0n) is 8.24. The standard InChI is InChI=1S/C11H15N3/c12-11(10-5-4-6-13-9-10)14-7-2-1-3-8-14/h4-6,9,12H,1-3,7-8H2. The van der Waals surface area contributed by atoms with Crippen LogP contribution in [-0.2, 0) is 0 Å². The Morgan fingerprint density at radius 2 is 2.07 bits per heavy atom. The summed E-state index contributed by atoms with van der Waals surface area (Å²) >= 11 is 0. The van der Waals surface area contributed by atoms with Crippen LogP contribution in [0.1, 0.15) is 24.8 Å². The van der Waals surface area contributed by atoms with Crippen LogP contribution in [0.2, 0.25) is 0 Å². The van der Waals surface area contributed by atoms with Gasteiger partial charge in [0.2, 0.25) is 0 Å². The van der Waals surface area contributed by atoms with Crippen LogP contribution in [0.5, 0.6) is 0 Å². The van der Waals surface area contributed by atoms with Crippen molar-refractivity contribution >= 4 is 5.84 Å². The Morgan fingerprint density at radius 3 is 2.71 bits per heavy atom. The summed E-state index contributed by atoms with van der Waals surface area (Å²) in [6, 6.07) is 3.83. The van der Waals surface area contributed by atoms with Gasteiger partial charge in [0.15, 0.2) is 0 Å².